The molecule has 2 N–H and O–H groups in total. The maximum Gasteiger partial charge on any atom is 0.356 e. The number of nitrogens with zero attached hydrogens (tertiary/aromatic N) is 6. The summed E-state index contributed by atoms with van der Waals surface area (Å²) in [6, 6.07) is 10.6. The van der Waals surface area contributed by atoms with Crippen LogP contribution in [-0.2, 0) is 7.05 Å². The number of anilines is 3. The van der Waals surface area contributed by atoms with Gasteiger partial charge in [-0.15, -0.1) is 0 Å². The average Bonchev–Trinajstić information content (AvgIpc) is 2.92. The van der Waals surface area contributed by atoms with Crippen LogP contribution in [0, 0.1) is 6.92 Å². The molecule has 1 fully saturated rings. The maximum absolute atomic E-state index is 13.5. The lowest BCUT2D eigenvalue weighted by Crippen LogP contribution is -2.48. The summed E-state index contributed by atoms with van der Waals surface area (Å²) < 4.78 is 1.61. The van der Waals surface area contributed by atoms with Gasteiger partial charge >= 0.3 is 5.97 Å². The molecule has 1 saturated heterocycles. The van der Waals surface area contributed by atoms with E-state index in [1.165, 1.54) is 6.07 Å². The summed E-state index contributed by atoms with van der Waals surface area (Å²) in [5.74, 6) is -0.579. The molecule has 4 aromatic rings. The zero-order chi connectivity index (χ0) is 27.0. The minimum atomic E-state index is -1.18. The van der Waals surface area contributed by atoms with Crippen molar-refractivity contribution < 1.29 is 9.90 Å². The Balaban J connectivity index is 1.50. The molecule has 11 heteroatoms. The van der Waals surface area contributed by atoms with E-state index in [4.69, 9.17) is 16.6 Å². The monoisotopic (exact) mass is 533 g/mol. The summed E-state index contributed by atoms with van der Waals surface area (Å²) in [6.45, 7) is 6.83. The Bertz CT molecular complexity index is 1570. The molecule has 0 bridgehead atoms. The van der Waals surface area contributed by atoms with Gasteiger partial charge in [-0.05, 0) is 49.7 Å². The Labute approximate surface area is 224 Å². The first-order valence-electron chi connectivity index (χ1n) is 12.3. The minimum absolute atomic E-state index is 0.0976. The summed E-state index contributed by atoms with van der Waals surface area (Å²) >= 11 is 5.92. The van der Waals surface area contributed by atoms with E-state index in [2.05, 4.69) is 25.1 Å². The number of nitrogens with one attached hydrogen (secondary N) is 1. The number of carboxylic acid groups (broad SMARTS) is 1. The molecular weight excluding hydrogens is 506 g/mol. The Hall–Kier alpha value is -4.18. The number of carboxylic acids is 1. The number of fused-ring (bicyclic) bond motifs is 1. The van der Waals surface area contributed by atoms with Gasteiger partial charge in [0.25, 0.3) is 5.56 Å². The number of aromatic carboxylic acids is 1. The largest absolute Gasteiger partial charge is 0.476 e. The van der Waals surface area contributed by atoms with Gasteiger partial charge in [-0.2, -0.15) is 0 Å². The molecule has 3 aromatic heterocycles. The predicted octanol–water partition coefficient (Wildman–Crippen LogP) is 3.88. The van der Waals surface area contributed by atoms with Crippen LogP contribution in [0.2, 0.25) is 5.15 Å². The smallest absolute Gasteiger partial charge is 0.356 e. The van der Waals surface area contributed by atoms with Crippen molar-refractivity contribution in [2.75, 3.05) is 41.3 Å². The lowest BCUT2D eigenvalue weighted by Gasteiger charge is -2.37. The molecular formula is C27H28ClN7O3. The molecule has 196 valence electrons. The number of carbonyl (C=O) groups is 1. The summed E-state index contributed by atoms with van der Waals surface area (Å²) in [5, 5.41) is 13.4. The zero-order valence-corrected chi connectivity index (χ0v) is 22.1. The number of benzene rings is 1. The quantitative estimate of drug-likeness (QED) is 0.356. The Kier molecular flexibility index (Phi) is 6.90. The van der Waals surface area contributed by atoms with Crippen LogP contribution in [0.3, 0.4) is 0 Å². The molecule has 0 aliphatic carbocycles. The molecule has 38 heavy (non-hydrogen) atoms. The van der Waals surface area contributed by atoms with Crippen molar-refractivity contribution >= 4 is 45.8 Å². The fourth-order valence-corrected chi connectivity index (χ4v) is 5.05. The minimum Gasteiger partial charge on any atom is -0.476 e. The molecule has 0 radical (unpaired) electrons. The molecule has 0 spiro atoms. The first-order valence-corrected chi connectivity index (χ1v) is 12.7. The van der Waals surface area contributed by atoms with E-state index in [0.29, 0.717) is 35.6 Å². The number of hydrogen-bond acceptors (Lipinski definition) is 8. The third kappa shape index (κ3) is 4.87. The van der Waals surface area contributed by atoms with Crippen LogP contribution >= 0.6 is 11.6 Å². The number of piperazine rings is 1. The number of aryl methyl sites for hydroxylation is 1. The second-order valence-electron chi connectivity index (χ2n) is 9.41. The average molecular weight is 534 g/mol. The number of pyridine rings is 2. The molecule has 10 nitrogen and oxygen atoms in total. The first kappa shape index (κ1) is 25.5. The van der Waals surface area contributed by atoms with Crippen LogP contribution < -0.4 is 20.7 Å². The van der Waals surface area contributed by atoms with Gasteiger partial charge in [0.1, 0.15) is 5.15 Å². The lowest BCUT2D eigenvalue weighted by molar-refractivity contribution is 0.0691. The van der Waals surface area contributed by atoms with Crippen molar-refractivity contribution in [3.05, 3.63) is 81.1 Å². The van der Waals surface area contributed by atoms with Crippen molar-refractivity contribution in [3.63, 3.8) is 0 Å². The summed E-state index contributed by atoms with van der Waals surface area (Å²) in [6.07, 6.45) is 3.57. The molecule has 0 amide bonds. The summed E-state index contributed by atoms with van der Waals surface area (Å²) in [4.78, 5) is 42.7. The number of rotatable bonds is 6. The molecule has 1 aliphatic rings. The second-order valence-corrected chi connectivity index (χ2v) is 9.79. The van der Waals surface area contributed by atoms with Crippen LogP contribution in [-0.4, -0.2) is 56.8 Å². The van der Waals surface area contributed by atoms with Gasteiger partial charge in [0.05, 0.1) is 22.6 Å². The van der Waals surface area contributed by atoms with E-state index in [9.17, 15) is 14.7 Å². The maximum atomic E-state index is 13.5. The molecule has 1 aromatic carbocycles. The van der Waals surface area contributed by atoms with E-state index >= 15 is 0 Å². The molecule has 1 atom stereocenters. The Morgan fingerprint density at radius 3 is 2.42 bits per heavy atom. The van der Waals surface area contributed by atoms with Crippen LogP contribution in [0.4, 0.5) is 17.3 Å². The van der Waals surface area contributed by atoms with Gasteiger partial charge in [0.15, 0.2) is 5.69 Å². The van der Waals surface area contributed by atoms with Crippen molar-refractivity contribution in [2.45, 2.75) is 19.9 Å². The van der Waals surface area contributed by atoms with Crippen LogP contribution in [0.5, 0.6) is 0 Å². The van der Waals surface area contributed by atoms with Crippen LogP contribution in [0.15, 0.2) is 53.6 Å². The van der Waals surface area contributed by atoms with Gasteiger partial charge in [-0.1, -0.05) is 17.7 Å². The van der Waals surface area contributed by atoms with Crippen molar-refractivity contribution in [1.29, 1.82) is 0 Å². The Morgan fingerprint density at radius 2 is 1.74 bits per heavy atom. The fourth-order valence-electron chi connectivity index (χ4n) is 4.90. The number of halogens is 1. The van der Waals surface area contributed by atoms with Crippen molar-refractivity contribution in [3.8, 4) is 0 Å². The number of aromatic nitrogens is 4. The number of hydrogen-bond donors (Lipinski definition) is 2. The van der Waals surface area contributed by atoms with Gasteiger partial charge in [-0.3, -0.25) is 14.3 Å². The van der Waals surface area contributed by atoms with E-state index in [-0.39, 0.29) is 22.4 Å². The standard InChI is InChI=1S/C27H28ClN7O3/c1-16-14-19(17(2)30-21-4-5-22(28)31-24(21)26(37)38)23-20(15-16)25(36)33(3)27(32-23)35-12-10-34(11-13-35)18-6-8-29-9-7-18/h4-9,14-15,17,30H,10-13H2,1-3H3,(H,37,38)/t17-/m1/s1. The normalized spacial score (nSPS) is 14.5. The van der Waals surface area contributed by atoms with E-state index in [1.807, 2.05) is 38.1 Å². The first-order chi connectivity index (χ1) is 18.2. The zero-order valence-electron chi connectivity index (χ0n) is 21.3. The van der Waals surface area contributed by atoms with Gasteiger partial charge < -0.3 is 20.2 Å². The lowest BCUT2D eigenvalue weighted by atomic mass is 10.0. The molecule has 5 rings (SSSR count). The van der Waals surface area contributed by atoms with E-state index in [0.717, 1.165) is 29.9 Å². The molecule has 0 saturated carbocycles. The Morgan fingerprint density at radius 1 is 1.05 bits per heavy atom. The van der Waals surface area contributed by atoms with Crippen molar-refractivity contribution in [2.24, 2.45) is 7.05 Å². The molecule has 1 aliphatic heterocycles. The van der Waals surface area contributed by atoms with E-state index < -0.39 is 5.97 Å². The molecule has 4 heterocycles. The van der Waals surface area contributed by atoms with E-state index in [1.54, 1.807) is 30.1 Å². The van der Waals surface area contributed by atoms with Crippen LogP contribution in [0.25, 0.3) is 10.9 Å². The van der Waals surface area contributed by atoms with Gasteiger partial charge in [0, 0.05) is 56.9 Å². The highest BCUT2D eigenvalue weighted by molar-refractivity contribution is 6.29. The SMILES string of the molecule is Cc1cc([C@@H](C)Nc2ccc(Cl)nc2C(=O)O)c2nc(N3CCN(c4ccncc4)CC3)n(C)c(=O)c2c1. The molecule has 0 unspecified atom stereocenters. The highest BCUT2D eigenvalue weighted by Crippen LogP contribution is 2.29. The fraction of sp³-hybridized carbons (Fsp3) is 0.296. The van der Waals surface area contributed by atoms with Crippen molar-refractivity contribution in [1.82, 2.24) is 19.5 Å². The highest BCUT2D eigenvalue weighted by atomic mass is 35.5. The summed E-state index contributed by atoms with van der Waals surface area (Å²) in [5.41, 5.74) is 3.45. The van der Waals surface area contributed by atoms with Gasteiger partial charge in [-0.25, -0.2) is 14.8 Å². The summed E-state index contributed by atoms with van der Waals surface area (Å²) in [7, 11) is 1.75. The third-order valence-electron chi connectivity index (χ3n) is 6.82. The highest BCUT2D eigenvalue weighted by Gasteiger charge is 2.24. The van der Waals surface area contributed by atoms with Crippen LogP contribution in [0.1, 0.15) is 34.6 Å². The second kappa shape index (κ2) is 10.3. The van der Waals surface area contributed by atoms with Gasteiger partial charge in [0.2, 0.25) is 5.95 Å². The predicted molar refractivity (Wildman–Crippen MR) is 149 cm³/mol. The topological polar surface area (TPSA) is 116 Å². The third-order valence-corrected chi connectivity index (χ3v) is 7.03.